The van der Waals surface area contributed by atoms with Crippen LogP contribution in [-0.4, -0.2) is 21.9 Å². The molecule has 0 amide bonds. The molecule has 0 aliphatic rings. The van der Waals surface area contributed by atoms with Gasteiger partial charge < -0.3 is 9.52 Å². The fourth-order valence-corrected chi connectivity index (χ4v) is 7.07. The average Bonchev–Trinajstić information content (AvgIpc) is 2.79. The van der Waals surface area contributed by atoms with Gasteiger partial charge in [-0.3, -0.25) is 0 Å². The Morgan fingerprint density at radius 3 is 1.74 bits per heavy atom. The van der Waals surface area contributed by atoms with E-state index in [1.54, 1.807) is 38.1 Å². The van der Waals surface area contributed by atoms with Gasteiger partial charge >= 0.3 is 5.63 Å². The van der Waals surface area contributed by atoms with Gasteiger partial charge in [-0.25, -0.2) is 21.6 Å². The molecule has 176 valence electrons. The summed E-state index contributed by atoms with van der Waals surface area (Å²) >= 11 is 0. The number of benzene rings is 3. The van der Waals surface area contributed by atoms with E-state index in [0.29, 0.717) is 3.71 Å². The SMILES string of the molecule is Cc1ccc(S(=O)(=O)N(c2ccc3oc(=O)c(CO)cc3c2)S(=O)(=O)c2ccc(C)cc2)cc1. The van der Waals surface area contributed by atoms with Crippen LogP contribution in [-0.2, 0) is 26.7 Å². The van der Waals surface area contributed by atoms with E-state index in [1.807, 2.05) is 0 Å². The number of fused-ring (bicyclic) bond motifs is 1. The predicted molar refractivity (Wildman–Crippen MR) is 128 cm³/mol. The van der Waals surface area contributed by atoms with E-state index in [4.69, 9.17) is 4.42 Å². The smallest absolute Gasteiger partial charge is 0.341 e. The first-order chi connectivity index (χ1) is 16.0. The minimum Gasteiger partial charge on any atom is -0.422 e. The first kappa shape index (κ1) is 23.7. The molecule has 1 heterocycles. The van der Waals surface area contributed by atoms with Gasteiger partial charge in [0.15, 0.2) is 0 Å². The van der Waals surface area contributed by atoms with E-state index in [9.17, 15) is 26.7 Å². The van der Waals surface area contributed by atoms with Gasteiger partial charge in [-0.1, -0.05) is 35.4 Å². The highest BCUT2D eigenvalue weighted by Gasteiger charge is 2.37. The van der Waals surface area contributed by atoms with Gasteiger partial charge in [0.05, 0.1) is 27.6 Å². The van der Waals surface area contributed by atoms with Gasteiger partial charge in [-0.15, -0.1) is 0 Å². The third-order valence-corrected chi connectivity index (χ3v) is 9.45. The maximum absolute atomic E-state index is 13.7. The predicted octanol–water partition coefficient (Wildman–Crippen LogP) is 3.49. The number of nitrogens with zero attached hydrogens (tertiary/aromatic N) is 1. The van der Waals surface area contributed by atoms with Crippen molar-refractivity contribution < 1.29 is 26.4 Å². The number of rotatable bonds is 6. The summed E-state index contributed by atoms with van der Waals surface area (Å²) in [6.07, 6.45) is 0. The molecule has 0 saturated heterocycles. The number of sulfonamides is 2. The molecule has 0 aliphatic carbocycles. The van der Waals surface area contributed by atoms with E-state index in [2.05, 4.69) is 0 Å². The Hall–Kier alpha value is -3.47. The van der Waals surface area contributed by atoms with Crippen LogP contribution in [0.4, 0.5) is 5.69 Å². The first-order valence-corrected chi connectivity index (χ1v) is 13.0. The Morgan fingerprint density at radius 2 is 1.26 bits per heavy atom. The molecule has 0 atom stereocenters. The molecule has 0 bridgehead atoms. The minimum absolute atomic E-state index is 0.0426. The van der Waals surface area contributed by atoms with Crippen molar-refractivity contribution in [2.75, 3.05) is 3.71 Å². The van der Waals surface area contributed by atoms with Gasteiger partial charge in [0.25, 0.3) is 20.0 Å². The molecule has 1 N–H and O–H groups in total. The molecule has 10 heteroatoms. The van der Waals surface area contributed by atoms with Crippen molar-refractivity contribution in [2.45, 2.75) is 30.2 Å². The molecular formula is C24H21NO7S2. The third kappa shape index (κ3) is 4.23. The molecule has 0 aliphatic heterocycles. The first-order valence-electron chi connectivity index (χ1n) is 10.2. The number of aliphatic hydroxyl groups is 1. The summed E-state index contributed by atoms with van der Waals surface area (Å²) in [5.41, 5.74) is 0.782. The summed E-state index contributed by atoms with van der Waals surface area (Å²) in [4.78, 5) is 11.5. The lowest BCUT2D eigenvalue weighted by atomic mass is 10.2. The normalized spacial score (nSPS) is 12.1. The Balaban J connectivity index is 1.99. The number of aliphatic hydroxyl groups excluding tert-OH is 1. The van der Waals surface area contributed by atoms with Crippen molar-refractivity contribution in [1.29, 1.82) is 0 Å². The molecule has 0 spiro atoms. The van der Waals surface area contributed by atoms with Crippen LogP contribution in [0.25, 0.3) is 11.0 Å². The van der Waals surface area contributed by atoms with Crippen LogP contribution in [0.2, 0.25) is 0 Å². The molecule has 4 aromatic rings. The Labute approximate surface area is 196 Å². The van der Waals surface area contributed by atoms with Crippen LogP contribution in [0, 0.1) is 13.8 Å². The lowest BCUT2D eigenvalue weighted by molar-refractivity contribution is 0.276. The second-order valence-electron chi connectivity index (χ2n) is 7.77. The minimum atomic E-state index is -4.58. The van der Waals surface area contributed by atoms with E-state index in [-0.39, 0.29) is 32.0 Å². The van der Waals surface area contributed by atoms with E-state index in [1.165, 1.54) is 48.5 Å². The zero-order valence-corrected chi connectivity index (χ0v) is 19.9. The van der Waals surface area contributed by atoms with E-state index < -0.39 is 32.3 Å². The molecule has 34 heavy (non-hydrogen) atoms. The highest BCUT2D eigenvalue weighted by Crippen LogP contribution is 2.33. The Morgan fingerprint density at radius 1 is 0.765 bits per heavy atom. The molecular weight excluding hydrogens is 478 g/mol. The number of anilines is 1. The fourth-order valence-electron chi connectivity index (χ4n) is 3.40. The van der Waals surface area contributed by atoms with Crippen molar-refractivity contribution in [1.82, 2.24) is 0 Å². The van der Waals surface area contributed by atoms with Crippen molar-refractivity contribution >= 4 is 36.7 Å². The van der Waals surface area contributed by atoms with Crippen molar-refractivity contribution in [3.05, 3.63) is 99.9 Å². The lowest BCUT2D eigenvalue weighted by Crippen LogP contribution is -2.37. The second-order valence-corrected chi connectivity index (χ2v) is 11.6. The van der Waals surface area contributed by atoms with Crippen LogP contribution >= 0.6 is 0 Å². The van der Waals surface area contributed by atoms with Gasteiger partial charge in [0.1, 0.15) is 5.58 Å². The van der Waals surface area contributed by atoms with E-state index in [0.717, 1.165) is 11.1 Å². The standard InChI is InChI=1S/C24H21NO7S2/c1-16-3-8-21(9-4-16)33(28,29)25(34(30,31)22-10-5-17(2)6-11-22)20-7-12-23-18(14-20)13-19(15-26)24(27)32-23/h3-14,26H,15H2,1-2H3. The van der Waals surface area contributed by atoms with Crippen LogP contribution in [0.3, 0.4) is 0 Å². The maximum atomic E-state index is 13.7. The van der Waals surface area contributed by atoms with Gasteiger partial charge in [0.2, 0.25) is 0 Å². The number of hydrogen-bond acceptors (Lipinski definition) is 7. The van der Waals surface area contributed by atoms with E-state index >= 15 is 0 Å². The quantitative estimate of drug-likeness (QED) is 0.403. The molecule has 4 rings (SSSR count). The van der Waals surface area contributed by atoms with Crippen LogP contribution in [0.15, 0.2) is 91.8 Å². The number of aryl methyl sites for hydroxylation is 2. The van der Waals surface area contributed by atoms with Crippen LogP contribution in [0.5, 0.6) is 0 Å². The highest BCUT2D eigenvalue weighted by molar-refractivity contribution is 8.10. The summed E-state index contributed by atoms with van der Waals surface area (Å²) in [6, 6.07) is 16.8. The summed E-state index contributed by atoms with van der Waals surface area (Å²) in [5.74, 6) is 0. The summed E-state index contributed by atoms with van der Waals surface area (Å²) in [7, 11) is -9.15. The van der Waals surface area contributed by atoms with Gasteiger partial charge in [0, 0.05) is 5.39 Å². The molecule has 8 nitrogen and oxygen atoms in total. The van der Waals surface area contributed by atoms with Crippen molar-refractivity contribution in [2.24, 2.45) is 0 Å². The molecule has 0 radical (unpaired) electrons. The second kappa shape index (κ2) is 8.71. The summed E-state index contributed by atoms with van der Waals surface area (Å²) in [5, 5.41) is 9.65. The monoisotopic (exact) mass is 499 g/mol. The van der Waals surface area contributed by atoms with Crippen LogP contribution in [0.1, 0.15) is 16.7 Å². The topological polar surface area (TPSA) is 122 Å². The summed E-state index contributed by atoms with van der Waals surface area (Å²) < 4.78 is 60.2. The van der Waals surface area contributed by atoms with Crippen molar-refractivity contribution in [3.63, 3.8) is 0 Å². The molecule has 0 unspecified atom stereocenters. The Bertz CT molecular complexity index is 1560. The zero-order chi connectivity index (χ0) is 24.7. The number of hydrogen-bond donors (Lipinski definition) is 1. The lowest BCUT2D eigenvalue weighted by Gasteiger charge is -2.24. The largest absolute Gasteiger partial charge is 0.422 e. The highest BCUT2D eigenvalue weighted by atomic mass is 32.3. The third-order valence-electron chi connectivity index (χ3n) is 5.24. The molecule has 3 aromatic carbocycles. The van der Waals surface area contributed by atoms with Gasteiger partial charge in [-0.05, 0) is 62.4 Å². The van der Waals surface area contributed by atoms with Crippen LogP contribution < -0.4 is 9.34 Å². The fraction of sp³-hybridized carbons (Fsp3) is 0.125. The Kier molecular flexibility index (Phi) is 6.07. The summed E-state index contributed by atoms with van der Waals surface area (Å²) in [6.45, 7) is 2.98. The van der Waals surface area contributed by atoms with Gasteiger partial charge in [-0.2, -0.15) is 3.71 Å². The molecule has 1 aromatic heterocycles. The molecule has 0 saturated carbocycles. The molecule has 0 fully saturated rings. The zero-order valence-electron chi connectivity index (χ0n) is 18.3. The van der Waals surface area contributed by atoms with Crippen molar-refractivity contribution in [3.8, 4) is 0 Å². The average molecular weight is 500 g/mol. The maximum Gasteiger partial charge on any atom is 0.341 e.